The molecule has 0 saturated heterocycles. The normalized spacial score (nSPS) is 15.2. The molecule has 126 valence electrons. The molecular weight excluding hydrogens is 292 g/mol. The van der Waals surface area contributed by atoms with Crippen molar-refractivity contribution >= 4 is 11.9 Å². The van der Waals surface area contributed by atoms with Gasteiger partial charge in [-0.05, 0) is 43.4 Å². The molecule has 0 aliphatic heterocycles. The van der Waals surface area contributed by atoms with Crippen molar-refractivity contribution in [2.75, 3.05) is 13.2 Å². The molecule has 0 unspecified atom stereocenters. The Balaban J connectivity index is 1.87. The van der Waals surface area contributed by atoms with Gasteiger partial charge in [-0.2, -0.15) is 0 Å². The van der Waals surface area contributed by atoms with Gasteiger partial charge in [0.15, 0.2) is 0 Å². The van der Waals surface area contributed by atoms with Gasteiger partial charge in [-0.25, -0.2) is 9.59 Å². The maximum absolute atomic E-state index is 12.1. The molecule has 0 amide bonds. The van der Waals surface area contributed by atoms with E-state index in [4.69, 9.17) is 9.47 Å². The predicted molar refractivity (Wildman–Crippen MR) is 88.5 cm³/mol. The molecule has 1 aromatic rings. The summed E-state index contributed by atoms with van der Waals surface area (Å²) in [7, 11) is 0. The minimum atomic E-state index is -0.389. The number of hydrogen-bond acceptors (Lipinski definition) is 4. The molecule has 4 nitrogen and oxygen atoms in total. The number of benzene rings is 1. The van der Waals surface area contributed by atoms with Crippen LogP contribution in [-0.4, -0.2) is 25.2 Å². The third kappa shape index (κ3) is 5.70. The zero-order valence-electron chi connectivity index (χ0n) is 13.9. The number of rotatable bonds is 7. The number of carbonyl (C=O) groups excluding carboxylic acids is 2. The van der Waals surface area contributed by atoms with E-state index in [1.54, 1.807) is 24.3 Å². The Hall–Kier alpha value is -1.84. The molecule has 1 fully saturated rings. The minimum Gasteiger partial charge on any atom is -0.462 e. The highest BCUT2D eigenvalue weighted by molar-refractivity contribution is 5.95. The first-order valence-corrected chi connectivity index (χ1v) is 8.65. The van der Waals surface area contributed by atoms with Gasteiger partial charge in [0, 0.05) is 0 Å². The number of unbranched alkanes of at least 4 members (excludes halogenated alkanes) is 1. The fraction of sp³-hybridized carbons (Fsp3) is 0.579. The van der Waals surface area contributed by atoms with Crippen molar-refractivity contribution in [2.45, 2.75) is 51.9 Å². The van der Waals surface area contributed by atoms with E-state index in [-0.39, 0.29) is 11.9 Å². The number of ether oxygens (including phenoxy) is 2. The Kier molecular flexibility index (Phi) is 7.11. The van der Waals surface area contributed by atoms with Gasteiger partial charge in [0.25, 0.3) is 0 Å². The summed E-state index contributed by atoms with van der Waals surface area (Å²) in [6.07, 6.45) is 7.82. The molecule has 23 heavy (non-hydrogen) atoms. The van der Waals surface area contributed by atoms with Crippen molar-refractivity contribution in [1.82, 2.24) is 0 Å². The molecule has 1 aromatic carbocycles. The first-order valence-electron chi connectivity index (χ1n) is 8.65. The van der Waals surface area contributed by atoms with Crippen LogP contribution >= 0.6 is 0 Å². The number of carbonyl (C=O) groups is 2. The largest absolute Gasteiger partial charge is 0.462 e. The molecule has 0 N–H and O–H groups in total. The Morgan fingerprint density at radius 1 is 1.04 bits per heavy atom. The van der Waals surface area contributed by atoms with E-state index in [2.05, 4.69) is 0 Å². The maximum atomic E-state index is 12.1. The Labute approximate surface area is 138 Å². The van der Waals surface area contributed by atoms with Crippen LogP contribution in [0.25, 0.3) is 0 Å². The molecule has 0 spiro atoms. The average Bonchev–Trinajstić information content (AvgIpc) is 2.61. The van der Waals surface area contributed by atoms with Crippen molar-refractivity contribution < 1.29 is 19.1 Å². The van der Waals surface area contributed by atoms with E-state index in [0.717, 1.165) is 25.7 Å². The lowest BCUT2D eigenvalue weighted by Gasteiger charge is -2.21. The van der Waals surface area contributed by atoms with Crippen molar-refractivity contribution in [3.8, 4) is 0 Å². The SMILES string of the molecule is CCCCOC(=O)c1cccc(C(=O)OCC2CCCCC2)c1. The summed E-state index contributed by atoms with van der Waals surface area (Å²) >= 11 is 0. The summed E-state index contributed by atoms with van der Waals surface area (Å²) in [5, 5.41) is 0. The minimum absolute atomic E-state index is 0.362. The highest BCUT2D eigenvalue weighted by atomic mass is 16.5. The highest BCUT2D eigenvalue weighted by Crippen LogP contribution is 2.24. The second-order valence-corrected chi connectivity index (χ2v) is 6.17. The van der Waals surface area contributed by atoms with Gasteiger partial charge in [-0.1, -0.05) is 38.7 Å². The Morgan fingerprint density at radius 3 is 2.35 bits per heavy atom. The Morgan fingerprint density at radius 2 is 1.70 bits per heavy atom. The van der Waals surface area contributed by atoms with Crippen molar-refractivity contribution in [2.24, 2.45) is 5.92 Å². The quantitative estimate of drug-likeness (QED) is 0.553. The molecule has 1 aliphatic rings. The van der Waals surface area contributed by atoms with Gasteiger partial charge in [-0.15, -0.1) is 0 Å². The fourth-order valence-electron chi connectivity index (χ4n) is 2.80. The van der Waals surface area contributed by atoms with Crippen LogP contribution < -0.4 is 0 Å². The van der Waals surface area contributed by atoms with Crippen molar-refractivity contribution in [1.29, 1.82) is 0 Å². The van der Waals surface area contributed by atoms with Crippen LogP contribution in [0.5, 0.6) is 0 Å². The van der Waals surface area contributed by atoms with Gasteiger partial charge < -0.3 is 9.47 Å². The van der Waals surface area contributed by atoms with E-state index >= 15 is 0 Å². The molecule has 0 radical (unpaired) electrons. The monoisotopic (exact) mass is 318 g/mol. The second-order valence-electron chi connectivity index (χ2n) is 6.17. The van der Waals surface area contributed by atoms with Crippen LogP contribution in [0.15, 0.2) is 24.3 Å². The second kappa shape index (κ2) is 9.33. The lowest BCUT2D eigenvalue weighted by molar-refractivity contribution is 0.0410. The average molecular weight is 318 g/mol. The van der Waals surface area contributed by atoms with Crippen LogP contribution in [-0.2, 0) is 9.47 Å². The first kappa shape index (κ1) is 17.5. The lowest BCUT2D eigenvalue weighted by atomic mass is 9.90. The topological polar surface area (TPSA) is 52.6 Å². The summed E-state index contributed by atoms with van der Waals surface area (Å²) < 4.78 is 10.6. The molecule has 0 aromatic heterocycles. The number of esters is 2. The number of hydrogen-bond donors (Lipinski definition) is 0. The fourth-order valence-corrected chi connectivity index (χ4v) is 2.80. The summed E-state index contributed by atoms with van der Waals surface area (Å²) in [6.45, 7) is 2.92. The standard InChI is InChI=1S/C19H26O4/c1-2-3-12-22-18(20)16-10-7-11-17(13-16)19(21)23-14-15-8-5-4-6-9-15/h7,10-11,13,15H,2-6,8-9,12,14H2,1H3. The predicted octanol–water partition coefficient (Wildman–Crippen LogP) is 4.38. The van der Waals surface area contributed by atoms with Crippen LogP contribution in [0.2, 0.25) is 0 Å². The van der Waals surface area contributed by atoms with Crippen LogP contribution in [0.3, 0.4) is 0 Å². The highest BCUT2D eigenvalue weighted by Gasteiger charge is 2.17. The van der Waals surface area contributed by atoms with Gasteiger partial charge in [0.1, 0.15) is 0 Å². The molecule has 4 heteroatoms. The molecule has 0 heterocycles. The van der Waals surface area contributed by atoms with E-state index in [0.29, 0.717) is 30.3 Å². The van der Waals surface area contributed by atoms with E-state index in [1.165, 1.54) is 19.3 Å². The summed E-state index contributed by atoms with van der Waals surface area (Å²) in [5.74, 6) is -0.269. The molecule has 0 bridgehead atoms. The summed E-state index contributed by atoms with van der Waals surface area (Å²) in [4.78, 5) is 24.1. The molecular formula is C19H26O4. The van der Waals surface area contributed by atoms with Crippen LogP contribution in [0, 0.1) is 5.92 Å². The molecule has 2 rings (SSSR count). The van der Waals surface area contributed by atoms with E-state index < -0.39 is 0 Å². The molecule has 1 saturated carbocycles. The van der Waals surface area contributed by atoms with E-state index in [1.807, 2.05) is 6.92 Å². The smallest absolute Gasteiger partial charge is 0.338 e. The van der Waals surface area contributed by atoms with Gasteiger partial charge in [0.05, 0.1) is 24.3 Å². The van der Waals surface area contributed by atoms with Gasteiger partial charge in [0.2, 0.25) is 0 Å². The van der Waals surface area contributed by atoms with Crippen molar-refractivity contribution in [3.63, 3.8) is 0 Å². The van der Waals surface area contributed by atoms with Crippen molar-refractivity contribution in [3.05, 3.63) is 35.4 Å². The third-order valence-corrected chi connectivity index (χ3v) is 4.24. The zero-order chi connectivity index (χ0) is 16.5. The Bertz CT molecular complexity index is 518. The van der Waals surface area contributed by atoms with Gasteiger partial charge >= 0.3 is 11.9 Å². The molecule has 1 aliphatic carbocycles. The van der Waals surface area contributed by atoms with Crippen LogP contribution in [0.1, 0.15) is 72.6 Å². The van der Waals surface area contributed by atoms with E-state index in [9.17, 15) is 9.59 Å². The third-order valence-electron chi connectivity index (χ3n) is 4.24. The maximum Gasteiger partial charge on any atom is 0.338 e. The lowest BCUT2D eigenvalue weighted by Crippen LogP contribution is -2.17. The summed E-state index contributed by atoms with van der Waals surface area (Å²) in [5.41, 5.74) is 0.805. The van der Waals surface area contributed by atoms with Crippen LogP contribution in [0.4, 0.5) is 0 Å². The summed E-state index contributed by atoms with van der Waals surface area (Å²) in [6, 6.07) is 6.57. The van der Waals surface area contributed by atoms with Gasteiger partial charge in [-0.3, -0.25) is 0 Å². The first-order chi connectivity index (χ1) is 11.2. The molecule has 0 atom stereocenters. The zero-order valence-corrected chi connectivity index (χ0v) is 13.9.